The minimum Gasteiger partial charge on any atom is -0.467 e. The first kappa shape index (κ1) is 15.6. The Hall–Kier alpha value is -1.44. The molecule has 1 aromatic carbocycles. The van der Waals surface area contributed by atoms with Gasteiger partial charge in [0.2, 0.25) is 10.0 Å². The van der Waals surface area contributed by atoms with Crippen LogP contribution in [0.3, 0.4) is 0 Å². The summed E-state index contributed by atoms with van der Waals surface area (Å²) in [7, 11) is 0.658. The molecule has 1 aromatic rings. The Balaban J connectivity index is 3.18. The maximum absolute atomic E-state index is 11.9. The number of methoxy groups -OCH3 is 1. The lowest BCUT2D eigenvalue weighted by atomic mass is 9.93. The third-order valence-corrected chi connectivity index (χ3v) is 4.67. The number of hydrogen-bond acceptors (Lipinski definition) is 5. The maximum atomic E-state index is 11.9. The van der Waals surface area contributed by atoms with Crippen LogP contribution in [-0.2, 0) is 25.1 Å². The van der Waals surface area contributed by atoms with Gasteiger partial charge in [-0.05, 0) is 24.6 Å². The van der Waals surface area contributed by atoms with E-state index in [0.717, 1.165) is 4.31 Å². The molecule has 7 heteroatoms. The van der Waals surface area contributed by atoms with Gasteiger partial charge in [-0.25, -0.2) is 17.5 Å². The number of esters is 1. The van der Waals surface area contributed by atoms with Gasteiger partial charge in [-0.15, -0.1) is 0 Å². The van der Waals surface area contributed by atoms with E-state index < -0.39 is 21.5 Å². The van der Waals surface area contributed by atoms with Crippen molar-refractivity contribution in [1.82, 2.24) is 4.31 Å². The Morgan fingerprint density at radius 3 is 2.11 bits per heavy atom. The van der Waals surface area contributed by atoms with Crippen LogP contribution in [0.5, 0.6) is 0 Å². The third-order valence-electron chi connectivity index (χ3n) is 2.84. The fourth-order valence-corrected chi connectivity index (χ4v) is 2.42. The normalized spacial score (nSPS) is 15.1. The molecular weight excluding hydrogens is 268 g/mol. The van der Waals surface area contributed by atoms with E-state index in [0.29, 0.717) is 5.56 Å². The average molecular weight is 286 g/mol. The van der Waals surface area contributed by atoms with E-state index in [2.05, 4.69) is 4.74 Å². The number of carbonyl (C=O) groups is 1. The minimum absolute atomic E-state index is 0.141. The van der Waals surface area contributed by atoms with Gasteiger partial charge in [0, 0.05) is 14.1 Å². The summed E-state index contributed by atoms with van der Waals surface area (Å²) in [6.45, 7) is 1.51. The molecule has 1 atom stereocenters. The molecule has 0 saturated heterocycles. The number of nitrogens with zero attached hydrogens (tertiary/aromatic N) is 1. The predicted molar refractivity (Wildman–Crippen MR) is 70.9 cm³/mol. The fraction of sp³-hybridized carbons (Fsp3) is 0.417. The lowest BCUT2D eigenvalue weighted by Gasteiger charge is -2.22. The topological polar surface area (TPSA) is 89.7 Å². The van der Waals surface area contributed by atoms with Crippen molar-refractivity contribution in [2.75, 3.05) is 21.2 Å². The van der Waals surface area contributed by atoms with Gasteiger partial charge in [0.05, 0.1) is 12.0 Å². The second-order valence-corrected chi connectivity index (χ2v) is 6.66. The number of hydrogen-bond donors (Lipinski definition) is 1. The van der Waals surface area contributed by atoms with Crippen LogP contribution in [0.25, 0.3) is 0 Å². The van der Waals surface area contributed by atoms with Crippen LogP contribution < -0.4 is 5.73 Å². The van der Waals surface area contributed by atoms with Crippen LogP contribution in [0.2, 0.25) is 0 Å². The summed E-state index contributed by atoms with van der Waals surface area (Å²) in [4.78, 5) is 11.7. The standard InChI is InChI=1S/C12H18N2O4S/c1-12(13,11(15)18-4)9-5-7-10(8-6-9)19(16,17)14(2)3/h5-8H,13H2,1-4H3. The zero-order valence-electron chi connectivity index (χ0n) is 11.4. The quantitative estimate of drug-likeness (QED) is 0.803. The van der Waals surface area contributed by atoms with E-state index in [-0.39, 0.29) is 4.90 Å². The monoisotopic (exact) mass is 286 g/mol. The molecule has 19 heavy (non-hydrogen) atoms. The van der Waals surface area contributed by atoms with Crippen molar-refractivity contribution in [3.63, 3.8) is 0 Å². The zero-order chi connectivity index (χ0) is 14.8. The van der Waals surface area contributed by atoms with Gasteiger partial charge in [0.25, 0.3) is 0 Å². The highest BCUT2D eigenvalue weighted by Gasteiger charge is 2.32. The second-order valence-electron chi connectivity index (χ2n) is 4.51. The smallest absolute Gasteiger partial charge is 0.330 e. The molecule has 106 valence electrons. The summed E-state index contributed by atoms with van der Waals surface area (Å²) in [5, 5.41) is 0. The molecule has 0 amide bonds. The molecule has 6 nitrogen and oxygen atoms in total. The summed E-state index contributed by atoms with van der Waals surface area (Å²) in [6, 6.07) is 5.85. The molecule has 0 bridgehead atoms. The Bertz CT molecular complexity index is 562. The second kappa shape index (κ2) is 5.28. The summed E-state index contributed by atoms with van der Waals surface area (Å²) in [6.07, 6.45) is 0. The molecule has 1 rings (SSSR count). The number of carbonyl (C=O) groups excluding carboxylic acids is 1. The molecule has 0 fully saturated rings. The van der Waals surface area contributed by atoms with Gasteiger partial charge < -0.3 is 10.5 Å². The van der Waals surface area contributed by atoms with Crippen molar-refractivity contribution < 1.29 is 17.9 Å². The molecular formula is C12H18N2O4S. The van der Waals surface area contributed by atoms with E-state index in [9.17, 15) is 13.2 Å². The van der Waals surface area contributed by atoms with Crippen LogP contribution in [-0.4, -0.2) is 39.9 Å². The number of ether oxygens (including phenoxy) is 1. The predicted octanol–water partition coefficient (Wildman–Crippen LogP) is 0.284. The average Bonchev–Trinajstić information content (AvgIpc) is 2.37. The molecule has 0 saturated carbocycles. The molecule has 0 aliphatic carbocycles. The van der Waals surface area contributed by atoms with Gasteiger partial charge in [-0.1, -0.05) is 12.1 Å². The third kappa shape index (κ3) is 2.94. The molecule has 2 N–H and O–H groups in total. The van der Waals surface area contributed by atoms with Gasteiger partial charge in [-0.3, -0.25) is 0 Å². The van der Waals surface area contributed by atoms with Crippen LogP contribution in [0.1, 0.15) is 12.5 Å². The maximum Gasteiger partial charge on any atom is 0.330 e. The summed E-state index contributed by atoms with van der Waals surface area (Å²) >= 11 is 0. The largest absolute Gasteiger partial charge is 0.467 e. The van der Waals surface area contributed by atoms with Crippen molar-refractivity contribution >= 4 is 16.0 Å². The van der Waals surface area contributed by atoms with Crippen LogP contribution >= 0.6 is 0 Å². The molecule has 0 spiro atoms. The molecule has 0 heterocycles. The van der Waals surface area contributed by atoms with Gasteiger partial charge in [0.15, 0.2) is 0 Å². The van der Waals surface area contributed by atoms with Crippen LogP contribution in [0, 0.1) is 0 Å². The Morgan fingerprint density at radius 1 is 1.26 bits per heavy atom. The lowest BCUT2D eigenvalue weighted by Crippen LogP contribution is -2.42. The minimum atomic E-state index is -3.49. The first-order chi connectivity index (χ1) is 8.64. The Labute approximate surface area is 113 Å². The van der Waals surface area contributed by atoms with Gasteiger partial charge in [-0.2, -0.15) is 0 Å². The molecule has 0 radical (unpaired) electrons. The number of benzene rings is 1. The fourth-order valence-electron chi connectivity index (χ4n) is 1.51. The van der Waals surface area contributed by atoms with E-state index in [1.807, 2.05) is 0 Å². The van der Waals surface area contributed by atoms with Crippen molar-refractivity contribution in [1.29, 1.82) is 0 Å². The Morgan fingerprint density at radius 2 is 1.74 bits per heavy atom. The first-order valence-corrected chi connectivity index (χ1v) is 6.98. The zero-order valence-corrected chi connectivity index (χ0v) is 12.2. The number of sulfonamides is 1. The molecule has 1 unspecified atom stereocenters. The number of nitrogens with two attached hydrogens (primary N) is 1. The van der Waals surface area contributed by atoms with Crippen molar-refractivity contribution in [3.8, 4) is 0 Å². The van der Waals surface area contributed by atoms with Crippen LogP contribution in [0.4, 0.5) is 0 Å². The van der Waals surface area contributed by atoms with Crippen molar-refractivity contribution in [3.05, 3.63) is 29.8 Å². The highest BCUT2D eigenvalue weighted by atomic mass is 32.2. The van der Waals surface area contributed by atoms with Gasteiger partial charge in [0.1, 0.15) is 5.54 Å². The van der Waals surface area contributed by atoms with E-state index >= 15 is 0 Å². The van der Waals surface area contributed by atoms with Crippen molar-refractivity contribution in [2.24, 2.45) is 5.73 Å². The first-order valence-electron chi connectivity index (χ1n) is 5.54. The van der Waals surface area contributed by atoms with E-state index in [1.165, 1.54) is 52.4 Å². The van der Waals surface area contributed by atoms with Crippen LogP contribution in [0.15, 0.2) is 29.2 Å². The van der Waals surface area contributed by atoms with Crippen molar-refractivity contribution in [2.45, 2.75) is 17.4 Å². The number of rotatable bonds is 4. The van der Waals surface area contributed by atoms with E-state index in [1.54, 1.807) is 0 Å². The van der Waals surface area contributed by atoms with E-state index in [4.69, 9.17) is 5.73 Å². The Kier molecular flexibility index (Phi) is 4.34. The lowest BCUT2D eigenvalue weighted by molar-refractivity contribution is -0.146. The highest BCUT2D eigenvalue weighted by Crippen LogP contribution is 2.22. The SMILES string of the molecule is COC(=O)C(C)(N)c1ccc(S(=O)(=O)N(C)C)cc1. The molecule has 0 aliphatic rings. The summed E-state index contributed by atoms with van der Waals surface area (Å²) in [5.74, 6) is -0.587. The summed E-state index contributed by atoms with van der Waals surface area (Å²) < 4.78 is 29.5. The molecule has 0 aromatic heterocycles. The van der Waals surface area contributed by atoms with Gasteiger partial charge >= 0.3 is 5.97 Å². The molecule has 0 aliphatic heterocycles. The summed E-state index contributed by atoms with van der Waals surface area (Å²) in [5.41, 5.74) is 5.05. The highest BCUT2D eigenvalue weighted by molar-refractivity contribution is 7.89.